The molecule has 0 aromatic carbocycles. The number of hydrogen-bond acceptors (Lipinski definition) is 4. The van der Waals surface area contributed by atoms with Gasteiger partial charge in [0.25, 0.3) is 5.91 Å². The van der Waals surface area contributed by atoms with Crippen molar-refractivity contribution in [1.29, 1.82) is 0 Å². The van der Waals surface area contributed by atoms with Crippen LogP contribution in [-0.2, 0) is 9.47 Å². The van der Waals surface area contributed by atoms with E-state index in [4.69, 9.17) is 9.47 Å². The van der Waals surface area contributed by atoms with Crippen LogP contribution in [0.25, 0.3) is 0 Å². The Morgan fingerprint density at radius 3 is 3.04 bits per heavy atom. The van der Waals surface area contributed by atoms with Crippen molar-refractivity contribution in [2.75, 3.05) is 19.8 Å². The minimum atomic E-state index is -0.567. The fourth-order valence-electron chi connectivity index (χ4n) is 3.51. The Morgan fingerprint density at radius 2 is 2.29 bits per heavy atom. The van der Waals surface area contributed by atoms with Gasteiger partial charge in [-0.25, -0.2) is 4.39 Å². The Morgan fingerprint density at radius 1 is 1.46 bits per heavy atom. The second kappa shape index (κ2) is 7.57. The molecule has 0 aliphatic carbocycles. The molecule has 0 radical (unpaired) electrons. The van der Waals surface area contributed by atoms with Gasteiger partial charge < -0.3 is 14.4 Å². The van der Waals surface area contributed by atoms with Crippen molar-refractivity contribution in [2.45, 2.75) is 51.4 Å². The molecule has 1 amide bonds. The summed E-state index contributed by atoms with van der Waals surface area (Å²) >= 11 is 0. The monoisotopic (exact) mass is 336 g/mol. The molecule has 2 fully saturated rings. The van der Waals surface area contributed by atoms with Crippen LogP contribution in [-0.4, -0.2) is 53.8 Å². The molecule has 0 bridgehead atoms. The van der Waals surface area contributed by atoms with E-state index in [9.17, 15) is 9.18 Å². The summed E-state index contributed by atoms with van der Waals surface area (Å²) in [6, 6.07) is 1.48. The topological polar surface area (TPSA) is 51.7 Å². The minimum Gasteiger partial charge on any atom is -0.378 e. The van der Waals surface area contributed by atoms with Crippen LogP contribution in [0.3, 0.4) is 0 Å². The molecule has 3 rings (SSSR count). The molecule has 0 saturated carbocycles. The van der Waals surface area contributed by atoms with Crippen LogP contribution in [0.5, 0.6) is 0 Å². The molecule has 1 aromatic rings. The third-order valence-electron chi connectivity index (χ3n) is 4.65. The van der Waals surface area contributed by atoms with Crippen molar-refractivity contribution in [3.63, 3.8) is 0 Å². The fraction of sp³-hybridized carbons (Fsp3) is 0.667. The second-order valence-corrected chi connectivity index (χ2v) is 7.02. The van der Waals surface area contributed by atoms with Gasteiger partial charge in [0.15, 0.2) is 5.82 Å². The van der Waals surface area contributed by atoms with Crippen LogP contribution in [0.1, 0.15) is 43.5 Å². The number of rotatable bonds is 5. The van der Waals surface area contributed by atoms with E-state index < -0.39 is 5.82 Å². The highest BCUT2D eigenvalue weighted by molar-refractivity contribution is 5.94. The van der Waals surface area contributed by atoms with Crippen LogP contribution >= 0.6 is 0 Å². The molecule has 0 spiro atoms. The maximum Gasteiger partial charge on any atom is 0.257 e. The summed E-state index contributed by atoms with van der Waals surface area (Å²) in [5.74, 6) is -0.320. The zero-order chi connectivity index (χ0) is 17.1. The van der Waals surface area contributed by atoms with E-state index in [-0.39, 0.29) is 29.7 Å². The summed E-state index contributed by atoms with van der Waals surface area (Å²) in [6.45, 7) is 6.19. The molecule has 0 unspecified atom stereocenters. The van der Waals surface area contributed by atoms with Gasteiger partial charge in [-0.2, -0.15) is 0 Å². The number of pyridine rings is 1. The smallest absolute Gasteiger partial charge is 0.257 e. The van der Waals surface area contributed by atoms with Gasteiger partial charge in [0.1, 0.15) is 0 Å². The highest BCUT2D eigenvalue weighted by Gasteiger charge is 2.42. The molecule has 0 N–H and O–H groups in total. The molecule has 6 heteroatoms. The standard InChI is InChI=1S/C18H25FN2O3/c1-12(2)10-23-11-13-3-4-16-17(24-13)6-8-21(16)18(22)14-5-7-20-9-15(14)19/h5,7,9,12-13,16-17H,3-4,6,8,10-11H2,1-2H3/t13-,16-,17-/m0/s1. The lowest BCUT2D eigenvalue weighted by molar-refractivity contribution is -0.0985. The van der Waals surface area contributed by atoms with Crippen LogP contribution in [0.15, 0.2) is 18.5 Å². The van der Waals surface area contributed by atoms with E-state index in [1.54, 1.807) is 4.90 Å². The van der Waals surface area contributed by atoms with Gasteiger partial charge in [0.05, 0.1) is 36.6 Å². The van der Waals surface area contributed by atoms with Crippen LogP contribution < -0.4 is 0 Å². The number of nitrogens with zero attached hydrogens (tertiary/aromatic N) is 2. The Labute approximate surface area is 142 Å². The average molecular weight is 336 g/mol. The van der Waals surface area contributed by atoms with E-state index in [0.29, 0.717) is 19.1 Å². The summed E-state index contributed by atoms with van der Waals surface area (Å²) in [5, 5.41) is 0. The Balaban J connectivity index is 1.58. The van der Waals surface area contributed by atoms with Crippen molar-refractivity contribution in [2.24, 2.45) is 5.92 Å². The highest BCUT2D eigenvalue weighted by Crippen LogP contribution is 2.32. The van der Waals surface area contributed by atoms with Gasteiger partial charge in [-0.05, 0) is 31.2 Å². The molecule has 5 nitrogen and oxygen atoms in total. The zero-order valence-corrected chi connectivity index (χ0v) is 14.3. The molecule has 132 valence electrons. The van der Waals surface area contributed by atoms with Crippen molar-refractivity contribution >= 4 is 5.91 Å². The summed E-state index contributed by atoms with van der Waals surface area (Å²) in [4.78, 5) is 18.1. The molecular weight excluding hydrogens is 311 g/mol. The van der Waals surface area contributed by atoms with E-state index in [0.717, 1.165) is 32.1 Å². The lowest BCUT2D eigenvalue weighted by Gasteiger charge is -2.36. The minimum absolute atomic E-state index is 0.0280. The van der Waals surface area contributed by atoms with Crippen LogP contribution in [0.2, 0.25) is 0 Å². The summed E-state index contributed by atoms with van der Waals surface area (Å²) in [6.07, 6.45) is 5.19. The first-order chi connectivity index (χ1) is 11.6. The fourth-order valence-corrected chi connectivity index (χ4v) is 3.51. The van der Waals surface area contributed by atoms with E-state index >= 15 is 0 Å². The number of amides is 1. The Bertz CT molecular complexity index is 581. The van der Waals surface area contributed by atoms with Crippen molar-refractivity contribution in [3.05, 3.63) is 29.8 Å². The second-order valence-electron chi connectivity index (χ2n) is 7.02. The van der Waals surface area contributed by atoms with Crippen LogP contribution in [0, 0.1) is 11.7 Å². The van der Waals surface area contributed by atoms with Gasteiger partial charge in [-0.1, -0.05) is 13.8 Å². The molecule has 2 saturated heterocycles. The van der Waals surface area contributed by atoms with Gasteiger partial charge >= 0.3 is 0 Å². The number of aromatic nitrogens is 1. The lowest BCUT2D eigenvalue weighted by Crippen LogP contribution is -2.46. The van der Waals surface area contributed by atoms with E-state index in [1.165, 1.54) is 12.3 Å². The molecular formula is C18H25FN2O3. The first-order valence-corrected chi connectivity index (χ1v) is 8.70. The van der Waals surface area contributed by atoms with Gasteiger partial charge in [0, 0.05) is 19.3 Å². The van der Waals surface area contributed by atoms with Crippen molar-refractivity contribution < 1.29 is 18.7 Å². The predicted octanol–water partition coefficient (Wildman–Crippen LogP) is 2.66. The summed E-state index contributed by atoms with van der Waals surface area (Å²) in [7, 11) is 0. The first-order valence-electron chi connectivity index (χ1n) is 8.70. The normalized spacial score (nSPS) is 26.7. The summed E-state index contributed by atoms with van der Waals surface area (Å²) in [5.41, 5.74) is 0.0908. The molecule has 3 atom stereocenters. The number of halogens is 1. The quantitative estimate of drug-likeness (QED) is 0.829. The maximum atomic E-state index is 13.8. The van der Waals surface area contributed by atoms with E-state index in [2.05, 4.69) is 18.8 Å². The largest absolute Gasteiger partial charge is 0.378 e. The Kier molecular flexibility index (Phi) is 5.46. The number of carbonyl (C=O) groups is 1. The maximum absolute atomic E-state index is 13.8. The van der Waals surface area contributed by atoms with Crippen molar-refractivity contribution in [3.8, 4) is 0 Å². The first kappa shape index (κ1) is 17.3. The number of fused-ring (bicyclic) bond motifs is 1. The summed E-state index contributed by atoms with van der Waals surface area (Å²) < 4.78 is 25.6. The van der Waals surface area contributed by atoms with Gasteiger partial charge in [0.2, 0.25) is 0 Å². The average Bonchev–Trinajstić information content (AvgIpc) is 2.97. The zero-order valence-electron chi connectivity index (χ0n) is 14.3. The Hall–Kier alpha value is -1.53. The number of carbonyl (C=O) groups excluding carboxylic acids is 1. The third-order valence-corrected chi connectivity index (χ3v) is 4.65. The number of likely N-dealkylation sites (tertiary alicyclic amines) is 1. The van der Waals surface area contributed by atoms with Crippen molar-refractivity contribution in [1.82, 2.24) is 9.88 Å². The molecule has 3 heterocycles. The number of hydrogen-bond donors (Lipinski definition) is 0. The highest BCUT2D eigenvalue weighted by atomic mass is 19.1. The predicted molar refractivity (Wildman–Crippen MR) is 87.2 cm³/mol. The molecule has 1 aromatic heterocycles. The van der Waals surface area contributed by atoms with Gasteiger partial charge in [-0.15, -0.1) is 0 Å². The molecule has 24 heavy (non-hydrogen) atoms. The third kappa shape index (κ3) is 3.75. The van der Waals surface area contributed by atoms with E-state index in [1.807, 2.05) is 0 Å². The molecule has 2 aliphatic rings. The number of ether oxygens (including phenoxy) is 2. The lowest BCUT2D eigenvalue weighted by atomic mass is 9.99. The van der Waals surface area contributed by atoms with Gasteiger partial charge in [-0.3, -0.25) is 9.78 Å². The molecule has 2 aliphatic heterocycles. The SMILES string of the molecule is CC(C)COC[C@@H]1CC[C@H]2[C@H](CCN2C(=O)c2ccncc2F)O1. The van der Waals surface area contributed by atoms with Crippen LogP contribution in [0.4, 0.5) is 4.39 Å².